The van der Waals surface area contributed by atoms with Gasteiger partial charge >= 0.3 is 0 Å². The van der Waals surface area contributed by atoms with E-state index >= 15 is 0 Å². The predicted molar refractivity (Wildman–Crippen MR) is 154 cm³/mol. The van der Waals surface area contributed by atoms with E-state index in [1.807, 2.05) is 6.26 Å². The van der Waals surface area contributed by atoms with Gasteiger partial charge in [-0.2, -0.15) is 23.9 Å². The fourth-order valence-corrected chi connectivity index (χ4v) is 5.54. The van der Waals surface area contributed by atoms with Crippen molar-refractivity contribution in [1.29, 1.82) is 0 Å². The molecule has 208 valence electrons. The van der Waals surface area contributed by atoms with Gasteiger partial charge < -0.3 is 5.11 Å². The molecular weight excluding hydrogens is 620 g/mol. The molecule has 0 bridgehead atoms. The first-order valence-corrected chi connectivity index (χ1v) is 15.6. The minimum atomic E-state index is -3.81. The van der Waals surface area contributed by atoms with Crippen molar-refractivity contribution in [1.82, 2.24) is 18.7 Å². The number of fused-ring (bicyclic) bond motifs is 1. The van der Waals surface area contributed by atoms with Gasteiger partial charge in [0.15, 0.2) is 11.0 Å². The second-order valence-electron chi connectivity index (χ2n) is 7.83. The second kappa shape index (κ2) is 12.4. The number of hydrogen-bond donors (Lipinski definition) is 2. The highest BCUT2D eigenvalue weighted by Crippen LogP contribution is 2.34. The summed E-state index contributed by atoms with van der Waals surface area (Å²) >= 11 is 9.47. The number of halogens is 1. The Morgan fingerprint density at radius 3 is 2.52 bits per heavy atom. The molecule has 1 amide bonds. The van der Waals surface area contributed by atoms with Crippen LogP contribution in [0.2, 0.25) is 5.02 Å². The molecular formula is C21H19ClN10O4S4. The molecule has 0 aliphatic carbocycles. The average Bonchev–Trinajstić information content (AvgIpc) is 3.61. The monoisotopic (exact) mass is 638 g/mol. The zero-order chi connectivity index (χ0) is 29.0. The Bertz CT molecular complexity index is 1770. The first-order valence-electron chi connectivity index (χ1n) is 10.9. The predicted octanol–water partition coefficient (Wildman–Crippen LogP) is 5.28. The maximum atomic E-state index is 11.6. The Balaban J connectivity index is 0.000000194. The molecule has 0 spiro atoms. The van der Waals surface area contributed by atoms with E-state index in [0.29, 0.717) is 37.6 Å². The molecule has 0 radical (unpaired) electrons. The van der Waals surface area contributed by atoms with E-state index < -0.39 is 16.1 Å². The SMILES string of the molecule is CSc1nsc(N=NC2C(=O)N(C)N=C2C)n1.NS(=O)(=O)c1ccc2nsc(N=Nc3ccc(O)c(Cl)c3)c2c1. The quantitative estimate of drug-likeness (QED) is 0.210. The number of primary sulfonamides is 1. The number of amides is 1. The first-order chi connectivity index (χ1) is 19.0. The number of sulfonamides is 1. The van der Waals surface area contributed by atoms with E-state index in [-0.39, 0.29) is 21.6 Å². The topological polar surface area (TPSA) is 201 Å². The lowest BCUT2D eigenvalue weighted by Crippen LogP contribution is -2.27. The molecule has 2 aromatic carbocycles. The lowest BCUT2D eigenvalue weighted by atomic mass is 10.2. The molecule has 1 aliphatic heterocycles. The lowest BCUT2D eigenvalue weighted by molar-refractivity contribution is -0.128. The number of carbonyl (C=O) groups excluding carboxylic acids is 1. The third-order valence-corrected chi connectivity index (χ3v) is 8.28. The Morgan fingerprint density at radius 1 is 1.12 bits per heavy atom. The highest BCUT2D eigenvalue weighted by atomic mass is 35.5. The van der Waals surface area contributed by atoms with Crippen molar-refractivity contribution in [2.45, 2.75) is 23.0 Å². The van der Waals surface area contributed by atoms with Gasteiger partial charge in [-0.25, -0.2) is 18.6 Å². The van der Waals surface area contributed by atoms with Crippen LogP contribution in [0.1, 0.15) is 6.92 Å². The van der Waals surface area contributed by atoms with Crippen molar-refractivity contribution >= 4 is 94.8 Å². The summed E-state index contributed by atoms with van der Waals surface area (Å²) in [7, 11) is -2.21. The smallest absolute Gasteiger partial charge is 0.275 e. The van der Waals surface area contributed by atoms with Crippen molar-refractivity contribution in [3.8, 4) is 5.75 Å². The van der Waals surface area contributed by atoms with Crippen LogP contribution in [-0.4, -0.2) is 63.2 Å². The normalized spacial score (nSPS) is 15.7. The maximum Gasteiger partial charge on any atom is 0.275 e. The number of phenolic OH excluding ortho intramolecular Hbond substituents is 1. The number of aromatic hydroxyl groups is 1. The number of carbonyl (C=O) groups is 1. The lowest BCUT2D eigenvalue weighted by Gasteiger charge is -2.02. The summed E-state index contributed by atoms with van der Waals surface area (Å²) in [5.74, 6) is -0.229. The van der Waals surface area contributed by atoms with Gasteiger partial charge in [-0.3, -0.25) is 4.79 Å². The molecule has 1 unspecified atom stereocenters. The number of rotatable bonds is 6. The number of nitrogens with two attached hydrogens (primary N) is 1. The molecule has 4 aromatic rings. The number of azo groups is 2. The van der Waals surface area contributed by atoms with Crippen LogP contribution in [0, 0.1) is 0 Å². The highest BCUT2D eigenvalue weighted by Gasteiger charge is 2.31. The van der Waals surface area contributed by atoms with Gasteiger partial charge in [0.1, 0.15) is 5.75 Å². The molecule has 3 heterocycles. The molecule has 1 atom stereocenters. The fraction of sp³-hybridized carbons (Fsp3) is 0.190. The van der Waals surface area contributed by atoms with Crippen molar-refractivity contribution in [3.05, 3.63) is 41.4 Å². The summed E-state index contributed by atoms with van der Waals surface area (Å²) in [6.45, 7) is 1.75. The number of phenols is 1. The van der Waals surface area contributed by atoms with E-state index in [2.05, 4.69) is 39.3 Å². The second-order valence-corrected chi connectivity index (χ2v) is 12.1. The van der Waals surface area contributed by atoms with Crippen molar-refractivity contribution in [2.75, 3.05) is 13.3 Å². The zero-order valence-corrected chi connectivity index (χ0v) is 24.8. The molecule has 1 aliphatic rings. The average molecular weight is 639 g/mol. The van der Waals surface area contributed by atoms with Gasteiger partial charge in [-0.15, -0.1) is 15.3 Å². The van der Waals surface area contributed by atoms with Crippen molar-refractivity contribution in [2.24, 2.45) is 30.7 Å². The number of likely N-dealkylation sites (N-methyl/N-ethyl adjacent to an activating group) is 1. The number of thioether (sulfide) groups is 1. The molecule has 0 fully saturated rings. The molecule has 2 aromatic heterocycles. The molecule has 3 N–H and O–H groups in total. The van der Waals surface area contributed by atoms with Crippen LogP contribution in [0.15, 0.2) is 72.0 Å². The Kier molecular flexibility index (Phi) is 9.16. The summed E-state index contributed by atoms with van der Waals surface area (Å²) in [5.41, 5.74) is 1.67. The van der Waals surface area contributed by atoms with Gasteiger partial charge in [0, 0.05) is 24.0 Å². The van der Waals surface area contributed by atoms with Crippen molar-refractivity contribution in [3.63, 3.8) is 0 Å². The van der Waals surface area contributed by atoms with Crippen LogP contribution >= 0.6 is 46.4 Å². The summed E-state index contributed by atoms with van der Waals surface area (Å²) in [6.07, 6.45) is 1.88. The van der Waals surface area contributed by atoms with Crippen LogP contribution in [0.5, 0.6) is 5.75 Å². The third-order valence-electron chi connectivity index (χ3n) is 5.04. The molecule has 14 nitrogen and oxygen atoms in total. The van der Waals surface area contributed by atoms with Crippen LogP contribution in [0.4, 0.5) is 15.8 Å². The molecule has 19 heteroatoms. The number of aromatic nitrogens is 3. The minimum Gasteiger partial charge on any atom is -0.506 e. The standard InChI is InChI=1S/C13H9ClN4O3S2.C8H10N6OS2/c14-10-5-7(1-4-12(10)19)16-17-13-9-6-8(23(15,20)21)2-3-11(9)18-22-13;1-4-5(6(15)14(2)12-4)10-11-7-9-8(16-3)13-17-7/h1-6,19H,(H2,15,20,21);5H,1-3H3. The van der Waals surface area contributed by atoms with Crippen LogP contribution < -0.4 is 5.14 Å². The van der Waals surface area contributed by atoms with E-state index in [1.54, 1.807) is 26.1 Å². The maximum absolute atomic E-state index is 11.6. The van der Waals surface area contributed by atoms with E-state index in [4.69, 9.17) is 16.7 Å². The van der Waals surface area contributed by atoms with Gasteiger partial charge in [0.05, 0.1) is 26.8 Å². The highest BCUT2D eigenvalue weighted by molar-refractivity contribution is 7.98. The molecule has 40 heavy (non-hydrogen) atoms. The summed E-state index contributed by atoms with van der Waals surface area (Å²) in [5, 5.41) is 37.9. The zero-order valence-electron chi connectivity index (χ0n) is 20.8. The molecule has 5 rings (SSSR count). The largest absolute Gasteiger partial charge is 0.506 e. The van der Waals surface area contributed by atoms with Gasteiger partial charge in [0.25, 0.3) is 5.91 Å². The Hall–Kier alpha value is -3.42. The number of hydrazone groups is 1. The van der Waals surface area contributed by atoms with Crippen LogP contribution in [0.25, 0.3) is 10.9 Å². The van der Waals surface area contributed by atoms with E-state index in [1.165, 1.54) is 41.0 Å². The number of hydrogen-bond acceptors (Lipinski definition) is 15. The van der Waals surface area contributed by atoms with Crippen LogP contribution in [0.3, 0.4) is 0 Å². The summed E-state index contributed by atoms with van der Waals surface area (Å²) < 4.78 is 31.1. The van der Waals surface area contributed by atoms with Gasteiger partial charge in [0.2, 0.25) is 20.3 Å². The fourth-order valence-electron chi connectivity index (χ4n) is 3.08. The van der Waals surface area contributed by atoms with E-state index in [0.717, 1.165) is 23.1 Å². The number of nitrogens with zero attached hydrogens (tertiary/aromatic N) is 9. The summed E-state index contributed by atoms with van der Waals surface area (Å²) in [4.78, 5) is 15.7. The summed E-state index contributed by atoms with van der Waals surface area (Å²) in [6, 6.07) is 8.14. The third kappa shape index (κ3) is 7.01. The van der Waals surface area contributed by atoms with E-state index in [9.17, 15) is 18.3 Å². The first kappa shape index (κ1) is 29.6. The van der Waals surface area contributed by atoms with Crippen LogP contribution in [-0.2, 0) is 14.8 Å². The Labute approximate surface area is 245 Å². The van der Waals surface area contributed by atoms with Crippen molar-refractivity contribution < 1.29 is 18.3 Å². The minimum absolute atomic E-state index is 0.0191. The Morgan fingerprint density at radius 2 is 1.90 bits per heavy atom. The molecule has 0 saturated carbocycles. The molecule has 0 saturated heterocycles. The number of benzene rings is 2. The van der Waals surface area contributed by atoms with Gasteiger partial charge in [-0.1, -0.05) is 23.4 Å². The van der Waals surface area contributed by atoms with Gasteiger partial charge in [-0.05, 0) is 61.1 Å².